The molecule has 2 aliphatic rings. The molecule has 0 radical (unpaired) electrons. The molecule has 0 aromatic rings. The Morgan fingerprint density at radius 3 is 2.36 bits per heavy atom. The third-order valence-corrected chi connectivity index (χ3v) is 3.63. The summed E-state index contributed by atoms with van der Waals surface area (Å²) in [6, 6.07) is 0. The number of rotatable bonds is 2. The maximum atomic E-state index is 11.7. The van der Waals surface area contributed by atoms with Gasteiger partial charge in [0, 0.05) is 19.0 Å². The molecule has 0 atom stereocenters. The number of amides is 1. The van der Waals surface area contributed by atoms with Crippen LogP contribution in [-0.4, -0.2) is 35.1 Å². The van der Waals surface area contributed by atoms with E-state index in [2.05, 4.69) is 13.8 Å². The Balaban J connectivity index is 1.74. The molecule has 1 heterocycles. The van der Waals surface area contributed by atoms with Gasteiger partial charge in [0.1, 0.15) is 0 Å². The van der Waals surface area contributed by atoms with Crippen molar-refractivity contribution < 1.29 is 9.90 Å². The number of carbonyl (C=O) groups excluding carboxylic acids is 1. The summed E-state index contributed by atoms with van der Waals surface area (Å²) >= 11 is 0. The van der Waals surface area contributed by atoms with E-state index < -0.39 is 0 Å². The lowest BCUT2D eigenvalue weighted by molar-refractivity contribution is -0.149. The summed E-state index contributed by atoms with van der Waals surface area (Å²) < 4.78 is 0. The van der Waals surface area contributed by atoms with Crippen molar-refractivity contribution in [1.82, 2.24) is 4.90 Å². The van der Waals surface area contributed by atoms with Crippen LogP contribution in [0.1, 0.15) is 26.7 Å². The third-order valence-electron chi connectivity index (χ3n) is 3.63. The van der Waals surface area contributed by atoms with Crippen LogP contribution in [-0.2, 0) is 4.79 Å². The van der Waals surface area contributed by atoms with E-state index in [4.69, 9.17) is 5.11 Å². The fraction of sp³-hybridized carbons (Fsp3) is 0.909. The van der Waals surface area contributed by atoms with Gasteiger partial charge in [-0.1, -0.05) is 13.8 Å². The Kier molecular flexibility index (Phi) is 2.52. The third kappa shape index (κ3) is 1.65. The monoisotopic (exact) mass is 197 g/mol. The maximum Gasteiger partial charge on any atom is 0.225 e. The van der Waals surface area contributed by atoms with Gasteiger partial charge in [0.05, 0.1) is 6.10 Å². The van der Waals surface area contributed by atoms with Crippen LogP contribution in [0, 0.1) is 17.8 Å². The second-order valence-corrected chi connectivity index (χ2v) is 5.07. The number of aliphatic hydroxyl groups is 1. The van der Waals surface area contributed by atoms with Crippen molar-refractivity contribution in [1.29, 1.82) is 0 Å². The Morgan fingerprint density at radius 2 is 1.93 bits per heavy atom. The summed E-state index contributed by atoms with van der Waals surface area (Å²) in [6.07, 6.45) is 1.15. The topological polar surface area (TPSA) is 40.5 Å². The first-order chi connectivity index (χ1) is 6.58. The number of hydrogen-bond donors (Lipinski definition) is 1. The number of carbonyl (C=O) groups is 1. The lowest BCUT2D eigenvalue weighted by atomic mass is 9.79. The Morgan fingerprint density at radius 1 is 1.36 bits per heavy atom. The van der Waals surface area contributed by atoms with E-state index in [1.807, 2.05) is 4.90 Å². The minimum Gasteiger partial charge on any atom is -0.393 e. The van der Waals surface area contributed by atoms with Gasteiger partial charge in [0.15, 0.2) is 0 Å². The lowest BCUT2D eigenvalue weighted by Gasteiger charge is -2.45. The molecule has 0 aromatic carbocycles. The average Bonchev–Trinajstić information content (AvgIpc) is 1.94. The highest BCUT2D eigenvalue weighted by molar-refractivity contribution is 5.80. The number of aliphatic hydroxyl groups excluding tert-OH is 1. The highest BCUT2D eigenvalue weighted by atomic mass is 16.3. The summed E-state index contributed by atoms with van der Waals surface area (Å²) in [5.41, 5.74) is 0. The minimum absolute atomic E-state index is 0.123. The summed E-state index contributed by atoms with van der Waals surface area (Å²) in [5.74, 6) is 1.78. The zero-order chi connectivity index (χ0) is 10.3. The number of nitrogens with zero attached hydrogens (tertiary/aromatic N) is 1. The average molecular weight is 197 g/mol. The number of hydrogen-bond acceptors (Lipinski definition) is 2. The molecule has 1 amide bonds. The number of likely N-dealkylation sites (tertiary alicyclic amines) is 1. The smallest absolute Gasteiger partial charge is 0.225 e. The van der Waals surface area contributed by atoms with Crippen molar-refractivity contribution in [2.45, 2.75) is 32.8 Å². The highest BCUT2D eigenvalue weighted by Gasteiger charge is 2.40. The molecule has 14 heavy (non-hydrogen) atoms. The molecule has 80 valence electrons. The molecule has 0 bridgehead atoms. The fourth-order valence-corrected chi connectivity index (χ4v) is 2.16. The van der Waals surface area contributed by atoms with Crippen LogP contribution in [0.25, 0.3) is 0 Å². The molecular weight excluding hydrogens is 178 g/mol. The van der Waals surface area contributed by atoms with Gasteiger partial charge >= 0.3 is 0 Å². The van der Waals surface area contributed by atoms with E-state index in [1.54, 1.807) is 0 Å². The van der Waals surface area contributed by atoms with Gasteiger partial charge in [0.2, 0.25) is 5.91 Å². The Bertz CT molecular complexity index is 227. The van der Waals surface area contributed by atoms with Crippen molar-refractivity contribution >= 4 is 5.91 Å². The van der Waals surface area contributed by atoms with Gasteiger partial charge in [-0.15, -0.1) is 0 Å². The molecule has 2 fully saturated rings. The van der Waals surface area contributed by atoms with Crippen LogP contribution >= 0.6 is 0 Å². The molecule has 3 heteroatoms. The summed E-state index contributed by atoms with van der Waals surface area (Å²) in [4.78, 5) is 13.7. The maximum absolute atomic E-state index is 11.7. The standard InChI is InChI=1S/C11H19NO2/c1-7(2)9-5-12(6-9)11(14)8-3-10(13)4-8/h7-10,13H,3-6H2,1-2H3. The van der Waals surface area contributed by atoms with E-state index in [9.17, 15) is 4.79 Å². The molecule has 3 nitrogen and oxygen atoms in total. The van der Waals surface area contributed by atoms with E-state index >= 15 is 0 Å². The van der Waals surface area contributed by atoms with Crippen molar-refractivity contribution in [2.24, 2.45) is 17.8 Å². The molecule has 1 aliphatic carbocycles. The van der Waals surface area contributed by atoms with Crippen molar-refractivity contribution in [2.75, 3.05) is 13.1 Å². The zero-order valence-corrected chi connectivity index (χ0v) is 8.94. The predicted molar refractivity (Wildman–Crippen MR) is 53.6 cm³/mol. The molecule has 1 saturated heterocycles. The lowest BCUT2D eigenvalue weighted by Crippen LogP contribution is -2.55. The second-order valence-electron chi connectivity index (χ2n) is 5.07. The van der Waals surface area contributed by atoms with Gasteiger partial charge in [-0.3, -0.25) is 4.79 Å². The summed E-state index contributed by atoms with van der Waals surface area (Å²) in [5, 5.41) is 9.11. The molecule has 2 rings (SSSR count). The van der Waals surface area contributed by atoms with Crippen molar-refractivity contribution in [3.63, 3.8) is 0 Å². The van der Waals surface area contributed by atoms with Crippen LogP contribution < -0.4 is 0 Å². The highest BCUT2D eigenvalue weighted by Crippen LogP contribution is 2.32. The molecular formula is C11H19NO2. The quantitative estimate of drug-likeness (QED) is 0.713. The summed E-state index contributed by atoms with van der Waals surface area (Å²) in [7, 11) is 0. The first-order valence-electron chi connectivity index (χ1n) is 5.54. The largest absolute Gasteiger partial charge is 0.393 e. The van der Waals surface area contributed by atoms with Gasteiger partial charge < -0.3 is 10.0 Å². The SMILES string of the molecule is CC(C)C1CN(C(=O)C2CC(O)C2)C1. The Labute approximate surface area is 85.1 Å². The Hall–Kier alpha value is -0.570. The van der Waals surface area contributed by atoms with Crippen molar-refractivity contribution in [3.05, 3.63) is 0 Å². The molecule has 1 saturated carbocycles. The van der Waals surface area contributed by atoms with Crippen LogP contribution in [0.15, 0.2) is 0 Å². The van der Waals surface area contributed by atoms with Gasteiger partial charge in [-0.2, -0.15) is 0 Å². The van der Waals surface area contributed by atoms with E-state index in [0.717, 1.165) is 13.1 Å². The second kappa shape index (κ2) is 3.54. The van der Waals surface area contributed by atoms with Crippen LogP contribution in [0.4, 0.5) is 0 Å². The van der Waals surface area contributed by atoms with Gasteiger partial charge in [0.25, 0.3) is 0 Å². The molecule has 0 spiro atoms. The molecule has 0 unspecified atom stereocenters. The van der Waals surface area contributed by atoms with Gasteiger partial charge in [-0.05, 0) is 24.7 Å². The van der Waals surface area contributed by atoms with Crippen LogP contribution in [0.2, 0.25) is 0 Å². The van der Waals surface area contributed by atoms with E-state index in [1.165, 1.54) is 0 Å². The molecule has 1 N–H and O–H groups in total. The first kappa shape index (κ1) is 9.97. The predicted octanol–water partition coefficient (Wildman–Crippen LogP) is 0.872. The zero-order valence-electron chi connectivity index (χ0n) is 8.94. The van der Waals surface area contributed by atoms with Crippen LogP contribution in [0.3, 0.4) is 0 Å². The van der Waals surface area contributed by atoms with Crippen molar-refractivity contribution in [3.8, 4) is 0 Å². The minimum atomic E-state index is -0.217. The van der Waals surface area contributed by atoms with E-state index in [0.29, 0.717) is 24.7 Å². The summed E-state index contributed by atoms with van der Waals surface area (Å²) in [6.45, 7) is 6.28. The normalized spacial score (nSPS) is 32.7. The molecule has 1 aliphatic heterocycles. The fourth-order valence-electron chi connectivity index (χ4n) is 2.16. The van der Waals surface area contributed by atoms with Gasteiger partial charge in [-0.25, -0.2) is 0 Å². The van der Waals surface area contributed by atoms with E-state index in [-0.39, 0.29) is 17.9 Å². The molecule has 0 aromatic heterocycles. The first-order valence-corrected chi connectivity index (χ1v) is 5.54. The van der Waals surface area contributed by atoms with Crippen LogP contribution in [0.5, 0.6) is 0 Å².